The predicted molar refractivity (Wildman–Crippen MR) is 113 cm³/mol. The summed E-state index contributed by atoms with van der Waals surface area (Å²) in [4.78, 5) is 19.5. The lowest BCUT2D eigenvalue weighted by molar-refractivity contribution is -0.0776. The fourth-order valence-electron chi connectivity index (χ4n) is 3.92. The van der Waals surface area contributed by atoms with Gasteiger partial charge in [-0.05, 0) is 32.8 Å². The van der Waals surface area contributed by atoms with Crippen LogP contribution in [0.15, 0.2) is 36.8 Å². The smallest absolute Gasteiger partial charge is 0.200 e. The Morgan fingerprint density at radius 2 is 1.88 bits per heavy atom. The summed E-state index contributed by atoms with van der Waals surface area (Å²) in [5.74, 6) is -1.18. The van der Waals surface area contributed by atoms with Crippen LogP contribution < -0.4 is 9.64 Å². The largest absolute Gasteiger partial charge is 0.462 e. The van der Waals surface area contributed by atoms with Gasteiger partial charge in [-0.3, -0.25) is 0 Å². The van der Waals surface area contributed by atoms with E-state index >= 15 is 0 Å². The first-order valence-corrected chi connectivity index (χ1v) is 10.7. The minimum atomic E-state index is -1.01. The SMILES string of the molecule is CC(Oc1cc(N2CCc3nc(-c4ncccn4)ncc3C2C)cc(F)c1F)OC1CC1. The van der Waals surface area contributed by atoms with E-state index in [0.717, 1.165) is 24.1 Å². The van der Waals surface area contributed by atoms with E-state index in [2.05, 4.69) is 19.9 Å². The fraction of sp³-hybridized carbons (Fsp3) is 0.391. The molecular formula is C23H23F2N5O2. The quantitative estimate of drug-likeness (QED) is 0.532. The maximum Gasteiger partial charge on any atom is 0.200 e. The summed E-state index contributed by atoms with van der Waals surface area (Å²) in [7, 11) is 0. The third kappa shape index (κ3) is 4.12. The Balaban J connectivity index is 1.40. The number of benzene rings is 1. The maximum absolute atomic E-state index is 14.4. The van der Waals surface area contributed by atoms with Gasteiger partial charge in [-0.2, -0.15) is 4.39 Å². The number of halogens is 2. The molecule has 1 aliphatic carbocycles. The van der Waals surface area contributed by atoms with Gasteiger partial charge in [0.15, 0.2) is 29.5 Å². The molecule has 2 atom stereocenters. The Labute approximate surface area is 184 Å². The molecule has 0 spiro atoms. The van der Waals surface area contributed by atoms with Gasteiger partial charge in [0.05, 0.1) is 17.8 Å². The van der Waals surface area contributed by atoms with Crippen LogP contribution in [-0.2, 0) is 11.2 Å². The molecule has 0 N–H and O–H groups in total. The molecule has 0 radical (unpaired) electrons. The molecular weight excluding hydrogens is 416 g/mol. The second-order valence-electron chi connectivity index (χ2n) is 8.05. The molecule has 32 heavy (non-hydrogen) atoms. The molecule has 0 saturated heterocycles. The zero-order valence-electron chi connectivity index (χ0n) is 17.8. The monoisotopic (exact) mass is 439 g/mol. The first-order valence-electron chi connectivity index (χ1n) is 10.7. The van der Waals surface area contributed by atoms with Crippen molar-refractivity contribution in [1.29, 1.82) is 0 Å². The van der Waals surface area contributed by atoms with Crippen LogP contribution in [0.2, 0.25) is 0 Å². The van der Waals surface area contributed by atoms with E-state index in [1.807, 2.05) is 11.8 Å². The zero-order chi connectivity index (χ0) is 22.2. The lowest BCUT2D eigenvalue weighted by atomic mass is 9.98. The summed E-state index contributed by atoms with van der Waals surface area (Å²) in [6.45, 7) is 4.26. The molecule has 2 aliphatic rings. The molecule has 9 heteroatoms. The summed E-state index contributed by atoms with van der Waals surface area (Å²) >= 11 is 0. The Hall–Kier alpha value is -3.20. The summed E-state index contributed by atoms with van der Waals surface area (Å²) in [5.41, 5.74) is 2.36. The molecule has 0 bridgehead atoms. The number of ether oxygens (including phenoxy) is 2. The van der Waals surface area contributed by atoms with Crippen LogP contribution in [0.25, 0.3) is 11.6 Å². The van der Waals surface area contributed by atoms with E-state index in [0.29, 0.717) is 30.3 Å². The Bertz CT molecular complexity index is 1130. The van der Waals surface area contributed by atoms with Crippen molar-refractivity contribution in [3.8, 4) is 17.4 Å². The van der Waals surface area contributed by atoms with Crippen molar-refractivity contribution in [2.24, 2.45) is 0 Å². The van der Waals surface area contributed by atoms with Gasteiger partial charge in [0.2, 0.25) is 5.82 Å². The minimum absolute atomic E-state index is 0.137. The molecule has 1 saturated carbocycles. The van der Waals surface area contributed by atoms with Gasteiger partial charge in [-0.25, -0.2) is 24.3 Å². The van der Waals surface area contributed by atoms with Gasteiger partial charge in [0, 0.05) is 54.9 Å². The molecule has 7 nitrogen and oxygen atoms in total. The van der Waals surface area contributed by atoms with E-state index < -0.39 is 17.9 Å². The van der Waals surface area contributed by atoms with Crippen LogP contribution in [-0.4, -0.2) is 38.9 Å². The maximum atomic E-state index is 14.4. The third-order valence-corrected chi connectivity index (χ3v) is 5.69. The van der Waals surface area contributed by atoms with Crippen molar-refractivity contribution < 1.29 is 18.3 Å². The van der Waals surface area contributed by atoms with Gasteiger partial charge >= 0.3 is 0 Å². The van der Waals surface area contributed by atoms with E-state index in [1.54, 1.807) is 31.6 Å². The Kier molecular flexibility index (Phi) is 5.42. The first-order chi connectivity index (χ1) is 15.5. The molecule has 3 heterocycles. The van der Waals surface area contributed by atoms with Gasteiger partial charge in [0.1, 0.15) is 0 Å². The number of anilines is 1. The normalized spacial score (nSPS) is 18.9. The number of aromatic nitrogens is 4. The topological polar surface area (TPSA) is 73.3 Å². The van der Waals surface area contributed by atoms with Crippen molar-refractivity contribution in [3.05, 3.63) is 59.7 Å². The lowest BCUT2D eigenvalue weighted by Crippen LogP contribution is -2.35. The van der Waals surface area contributed by atoms with Crippen molar-refractivity contribution in [2.45, 2.75) is 51.5 Å². The summed E-state index contributed by atoms with van der Waals surface area (Å²) < 4.78 is 40.0. The molecule has 2 unspecified atom stereocenters. The molecule has 1 fully saturated rings. The van der Waals surface area contributed by atoms with Crippen LogP contribution in [0, 0.1) is 11.6 Å². The molecule has 166 valence electrons. The van der Waals surface area contributed by atoms with Crippen molar-refractivity contribution in [1.82, 2.24) is 19.9 Å². The molecule has 3 aromatic rings. The Morgan fingerprint density at radius 1 is 1.09 bits per heavy atom. The van der Waals surface area contributed by atoms with E-state index in [1.165, 1.54) is 12.1 Å². The number of nitrogens with zero attached hydrogens (tertiary/aromatic N) is 5. The highest BCUT2D eigenvalue weighted by molar-refractivity contribution is 5.55. The summed E-state index contributed by atoms with van der Waals surface area (Å²) in [6.07, 6.45) is 7.10. The number of rotatable bonds is 6. The van der Waals surface area contributed by atoms with Crippen LogP contribution >= 0.6 is 0 Å². The number of hydrogen-bond acceptors (Lipinski definition) is 7. The molecule has 0 amide bonds. The predicted octanol–water partition coefficient (Wildman–Crippen LogP) is 4.24. The van der Waals surface area contributed by atoms with Crippen LogP contribution in [0.4, 0.5) is 14.5 Å². The third-order valence-electron chi connectivity index (χ3n) is 5.69. The van der Waals surface area contributed by atoms with E-state index in [-0.39, 0.29) is 17.9 Å². The summed E-state index contributed by atoms with van der Waals surface area (Å²) in [6, 6.07) is 4.32. The highest BCUT2D eigenvalue weighted by atomic mass is 19.2. The van der Waals surface area contributed by atoms with Crippen LogP contribution in [0.5, 0.6) is 5.75 Å². The Morgan fingerprint density at radius 3 is 2.62 bits per heavy atom. The molecule has 1 aliphatic heterocycles. The second-order valence-corrected chi connectivity index (χ2v) is 8.05. The molecule has 2 aromatic heterocycles. The van der Waals surface area contributed by atoms with Gasteiger partial charge < -0.3 is 14.4 Å². The highest BCUT2D eigenvalue weighted by Gasteiger charge is 2.29. The van der Waals surface area contributed by atoms with E-state index in [4.69, 9.17) is 9.47 Å². The minimum Gasteiger partial charge on any atom is -0.462 e. The zero-order valence-corrected chi connectivity index (χ0v) is 17.8. The lowest BCUT2D eigenvalue weighted by Gasteiger charge is -2.36. The average molecular weight is 439 g/mol. The number of fused-ring (bicyclic) bond motifs is 1. The standard InChI is InChI=1S/C23H23F2N5O2/c1-13-17-12-28-23(22-26-7-3-8-27-22)29-19(17)6-9-30(13)15-10-18(24)21(25)20(11-15)32-14(2)31-16-4-5-16/h3,7-8,10-14,16H,4-6,9H2,1-2H3. The summed E-state index contributed by atoms with van der Waals surface area (Å²) in [5, 5.41) is 0. The second kappa shape index (κ2) is 8.38. The van der Waals surface area contributed by atoms with Gasteiger partial charge in [0.25, 0.3) is 0 Å². The molecule has 5 rings (SSSR count). The highest BCUT2D eigenvalue weighted by Crippen LogP contribution is 2.37. The first kappa shape index (κ1) is 20.7. The number of hydrogen-bond donors (Lipinski definition) is 0. The fourth-order valence-corrected chi connectivity index (χ4v) is 3.92. The van der Waals surface area contributed by atoms with Crippen molar-refractivity contribution in [2.75, 3.05) is 11.4 Å². The average Bonchev–Trinajstić information content (AvgIpc) is 3.61. The van der Waals surface area contributed by atoms with E-state index in [9.17, 15) is 8.78 Å². The van der Waals surface area contributed by atoms with Crippen LogP contribution in [0.1, 0.15) is 44.0 Å². The van der Waals surface area contributed by atoms with Gasteiger partial charge in [-0.15, -0.1) is 0 Å². The van der Waals surface area contributed by atoms with Crippen molar-refractivity contribution in [3.63, 3.8) is 0 Å². The van der Waals surface area contributed by atoms with Crippen LogP contribution in [0.3, 0.4) is 0 Å². The molecule has 1 aromatic carbocycles. The van der Waals surface area contributed by atoms with Gasteiger partial charge in [-0.1, -0.05) is 0 Å². The van der Waals surface area contributed by atoms with Crippen molar-refractivity contribution >= 4 is 5.69 Å².